The Balaban J connectivity index is 1.80. The zero-order chi connectivity index (χ0) is 20.0. The summed E-state index contributed by atoms with van der Waals surface area (Å²) >= 11 is 5.92. The van der Waals surface area contributed by atoms with E-state index < -0.39 is 10.8 Å². The van der Waals surface area contributed by atoms with Crippen molar-refractivity contribution in [1.82, 2.24) is 0 Å². The molecular weight excluding hydrogens is 382 g/mol. The van der Waals surface area contributed by atoms with Crippen LogP contribution in [0, 0.1) is 10.1 Å². The number of hydrogen-bond acceptors (Lipinski definition) is 4. The van der Waals surface area contributed by atoms with Crippen molar-refractivity contribution in [2.45, 2.75) is 6.92 Å². The van der Waals surface area contributed by atoms with Crippen molar-refractivity contribution in [3.05, 3.63) is 74.8 Å². The summed E-state index contributed by atoms with van der Waals surface area (Å²) in [4.78, 5) is 37.6. The van der Waals surface area contributed by atoms with Crippen LogP contribution in [0.1, 0.15) is 27.6 Å². The van der Waals surface area contributed by atoms with Crippen LogP contribution in [0.4, 0.5) is 17.1 Å². The average molecular weight is 396 g/mol. The van der Waals surface area contributed by atoms with E-state index in [1.807, 2.05) is 6.92 Å². The lowest BCUT2D eigenvalue weighted by atomic mass is 10.0. The second-order valence-electron chi connectivity index (χ2n) is 6.28. The Labute approximate surface area is 164 Å². The van der Waals surface area contributed by atoms with Crippen molar-refractivity contribution in [2.75, 3.05) is 16.8 Å². The molecule has 3 aromatic rings. The molecule has 0 bridgehead atoms. The van der Waals surface area contributed by atoms with Gasteiger partial charge in [-0.05, 0) is 37.3 Å². The van der Waals surface area contributed by atoms with Gasteiger partial charge < -0.3 is 10.2 Å². The number of benzene rings is 3. The van der Waals surface area contributed by atoms with Crippen LogP contribution in [0.15, 0.2) is 48.5 Å². The van der Waals surface area contributed by atoms with Crippen molar-refractivity contribution in [3.8, 4) is 0 Å². The minimum atomic E-state index is -0.647. The molecule has 1 aliphatic heterocycles. The second kappa shape index (κ2) is 6.61. The fraction of sp³-hybridized carbons (Fsp3) is 0.100. The third kappa shape index (κ3) is 2.68. The summed E-state index contributed by atoms with van der Waals surface area (Å²) in [5.41, 5.74) is 1.35. The molecule has 0 atom stereocenters. The minimum absolute atomic E-state index is 0.0861. The van der Waals surface area contributed by atoms with E-state index in [2.05, 4.69) is 5.32 Å². The van der Waals surface area contributed by atoms with E-state index in [9.17, 15) is 19.7 Å². The van der Waals surface area contributed by atoms with Gasteiger partial charge in [0.05, 0.1) is 10.6 Å². The molecule has 4 rings (SSSR count). The molecule has 3 aromatic carbocycles. The first-order valence-corrected chi connectivity index (χ1v) is 8.93. The highest BCUT2D eigenvalue weighted by Gasteiger charge is 2.30. The quantitative estimate of drug-likeness (QED) is 0.514. The lowest BCUT2D eigenvalue weighted by molar-refractivity contribution is -0.385. The number of nitrogens with zero attached hydrogens (tertiary/aromatic N) is 2. The SMILES string of the molecule is CCN1C(=O)c2cccc3c(NC(=O)c4cc(Cl)ccc4[N+](=O)[O-])ccc1c23. The van der Waals surface area contributed by atoms with Crippen LogP contribution in [0.3, 0.4) is 0 Å². The third-order valence-electron chi connectivity index (χ3n) is 4.75. The van der Waals surface area contributed by atoms with Gasteiger partial charge in [-0.2, -0.15) is 0 Å². The summed E-state index contributed by atoms with van der Waals surface area (Å²) in [6, 6.07) is 12.6. The van der Waals surface area contributed by atoms with Gasteiger partial charge in [0, 0.05) is 39.7 Å². The molecular formula is C20H14ClN3O4. The first-order valence-electron chi connectivity index (χ1n) is 8.55. The monoisotopic (exact) mass is 395 g/mol. The Kier molecular flexibility index (Phi) is 4.24. The number of nitro benzene ring substituents is 1. The number of halogens is 1. The largest absolute Gasteiger partial charge is 0.321 e. The molecule has 0 unspecified atom stereocenters. The van der Waals surface area contributed by atoms with Gasteiger partial charge in [0.1, 0.15) is 5.56 Å². The number of rotatable bonds is 4. The summed E-state index contributed by atoms with van der Waals surface area (Å²) in [6.45, 7) is 2.42. The Morgan fingerprint density at radius 1 is 1.21 bits per heavy atom. The lowest BCUT2D eigenvalue weighted by Gasteiger charge is -2.15. The van der Waals surface area contributed by atoms with E-state index in [1.54, 1.807) is 35.2 Å². The Bertz CT molecular complexity index is 1180. The highest BCUT2D eigenvalue weighted by Crippen LogP contribution is 2.40. The number of carbonyl (C=O) groups is 2. The molecule has 28 heavy (non-hydrogen) atoms. The summed E-state index contributed by atoms with van der Waals surface area (Å²) in [5.74, 6) is -0.733. The topological polar surface area (TPSA) is 92.6 Å². The molecule has 140 valence electrons. The summed E-state index contributed by atoms with van der Waals surface area (Å²) in [7, 11) is 0. The highest BCUT2D eigenvalue weighted by molar-refractivity contribution is 6.31. The standard InChI is InChI=1S/C20H14ClN3O4/c1-2-23-17-9-7-15(12-4-3-5-13(18(12)17)20(23)26)22-19(25)14-10-11(21)6-8-16(14)24(27)28/h3-10H,2H2,1H3,(H,22,25). The number of nitro groups is 1. The fourth-order valence-electron chi connectivity index (χ4n) is 3.51. The van der Waals surface area contributed by atoms with E-state index in [1.165, 1.54) is 18.2 Å². The molecule has 7 nitrogen and oxygen atoms in total. The predicted molar refractivity (Wildman–Crippen MR) is 107 cm³/mol. The fourth-order valence-corrected chi connectivity index (χ4v) is 3.68. The van der Waals surface area contributed by atoms with E-state index in [0.29, 0.717) is 23.2 Å². The molecule has 1 aliphatic rings. The number of anilines is 2. The average Bonchev–Trinajstić information content (AvgIpc) is 2.96. The van der Waals surface area contributed by atoms with Gasteiger partial charge in [0.2, 0.25) is 0 Å². The van der Waals surface area contributed by atoms with Crippen LogP contribution < -0.4 is 10.2 Å². The van der Waals surface area contributed by atoms with Crippen LogP contribution in [-0.2, 0) is 0 Å². The van der Waals surface area contributed by atoms with Gasteiger partial charge in [-0.1, -0.05) is 23.7 Å². The van der Waals surface area contributed by atoms with Gasteiger partial charge in [-0.3, -0.25) is 19.7 Å². The van der Waals surface area contributed by atoms with Crippen LogP contribution in [-0.4, -0.2) is 23.3 Å². The van der Waals surface area contributed by atoms with Gasteiger partial charge in [0.25, 0.3) is 17.5 Å². The summed E-state index contributed by atoms with van der Waals surface area (Å²) < 4.78 is 0. The maximum absolute atomic E-state index is 12.8. The third-order valence-corrected chi connectivity index (χ3v) is 4.98. The Morgan fingerprint density at radius 2 is 2.00 bits per heavy atom. The lowest BCUT2D eigenvalue weighted by Crippen LogP contribution is -2.25. The van der Waals surface area contributed by atoms with Crippen LogP contribution in [0.2, 0.25) is 5.02 Å². The molecule has 0 saturated heterocycles. The molecule has 1 heterocycles. The molecule has 8 heteroatoms. The van der Waals surface area contributed by atoms with Crippen molar-refractivity contribution in [3.63, 3.8) is 0 Å². The molecule has 0 radical (unpaired) electrons. The van der Waals surface area contributed by atoms with Crippen molar-refractivity contribution >= 4 is 51.2 Å². The number of hydrogen-bond donors (Lipinski definition) is 1. The van der Waals surface area contributed by atoms with E-state index in [4.69, 9.17) is 11.6 Å². The second-order valence-corrected chi connectivity index (χ2v) is 6.72. The van der Waals surface area contributed by atoms with Crippen LogP contribution in [0.5, 0.6) is 0 Å². The van der Waals surface area contributed by atoms with E-state index in [0.717, 1.165) is 11.1 Å². The van der Waals surface area contributed by atoms with Gasteiger partial charge in [-0.15, -0.1) is 0 Å². The van der Waals surface area contributed by atoms with Crippen molar-refractivity contribution in [1.29, 1.82) is 0 Å². The zero-order valence-corrected chi connectivity index (χ0v) is 15.5. The number of amides is 2. The van der Waals surface area contributed by atoms with Gasteiger partial charge in [0.15, 0.2) is 0 Å². The predicted octanol–water partition coefficient (Wildman–Crippen LogP) is 4.63. The van der Waals surface area contributed by atoms with Crippen LogP contribution in [0.25, 0.3) is 10.8 Å². The molecule has 0 aliphatic carbocycles. The van der Waals surface area contributed by atoms with E-state index in [-0.39, 0.29) is 22.2 Å². The first kappa shape index (κ1) is 17.9. The molecule has 0 aromatic heterocycles. The normalized spacial score (nSPS) is 12.5. The van der Waals surface area contributed by atoms with Crippen molar-refractivity contribution < 1.29 is 14.5 Å². The molecule has 2 amide bonds. The molecule has 0 fully saturated rings. The summed E-state index contributed by atoms with van der Waals surface area (Å²) in [5, 5.41) is 15.6. The van der Waals surface area contributed by atoms with Gasteiger partial charge >= 0.3 is 0 Å². The minimum Gasteiger partial charge on any atom is -0.321 e. The van der Waals surface area contributed by atoms with Gasteiger partial charge in [-0.25, -0.2) is 0 Å². The van der Waals surface area contributed by atoms with Crippen LogP contribution >= 0.6 is 11.6 Å². The van der Waals surface area contributed by atoms with Crippen molar-refractivity contribution in [2.24, 2.45) is 0 Å². The molecule has 1 N–H and O–H groups in total. The Hall–Kier alpha value is -3.45. The maximum Gasteiger partial charge on any atom is 0.282 e. The summed E-state index contributed by atoms with van der Waals surface area (Å²) in [6.07, 6.45) is 0. The Morgan fingerprint density at radius 3 is 2.71 bits per heavy atom. The first-order chi connectivity index (χ1) is 13.4. The number of carbonyl (C=O) groups excluding carboxylic acids is 2. The smallest absolute Gasteiger partial charge is 0.282 e. The molecule has 0 spiro atoms. The molecule has 0 saturated carbocycles. The maximum atomic E-state index is 12.8. The highest BCUT2D eigenvalue weighted by atomic mass is 35.5. The van der Waals surface area contributed by atoms with E-state index >= 15 is 0 Å². The number of nitrogens with one attached hydrogen (secondary N) is 1. The zero-order valence-electron chi connectivity index (χ0n) is 14.7.